The van der Waals surface area contributed by atoms with Crippen LogP contribution in [0, 0.1) is 5.92 Å². The maximum Gasteiger partial charge on any atom is 0.416 e. The zero-order valence-electron chi connectivity index (χ0n) is 11.7. The van der Waals surface area contributed by atoms with Gasteiger partial charge in [0.25, 0.3) is 0 Å². The van der Waals surface area contributed by atoms with Crippen LogP contribution in [0.25, 0.3) is 5.57 Å². The average Bonchev–Trinajstić information content (AvgIpc) is 3.23. The largest absolute Gasteiger partial charge is 0.416 e. The lowest BCUT2D eigenvalue weighted by molar-refractivity contribution is -0.137. The monoisotopic (exact) mass is 317 g/mol. The third-order valence-corrected chi connectivity index (χ3v) is 4.07. The highest BCUT2D eigenvalue weighted by Gasteiger charge is 2.31. The molecule has 0 saturated heterocycles. The van der Waals surface area contributed by atoms with E-state index in [1.165, 1.54) is 25.0 Å². The van der Waals surface area contributed by atoms with E-state index < -0.39 is 11.7 Å². The molecule has 1 saturated carbocycles. The van der Waals surface area contributed by atoms with Crippen molar-refractivity contribution in [1.82, 2.24) is 4.90 Å². The van der Waals surface area contributed by atoms with Gasteiger partial charge in [-0.1, -0.05) is 18.2 Å². The minimum absolute atomic E-state index is 0. The Bertz CT molecular complexity index is 520. The van der Waals surface area contributed by atoms with E-state index in [1.807, 2.05) is 0 Å². The van der Waals surface area contributed by atoms with E-state index in [2.05, 4.69) is 11.0 Å². The molecule has 1 aromatic carbocycles. The molecule has 1 aromatic rings. The van der Waals surface area contributed by atoms with Crippen molar-refractivity contribution < 1.29 is 13.2 Å². The van der Waals surface area contributed by atoms with Crippen LogP contribution in [0.2, 0.25) is 0 Å². The molecule has 0 N–H and O–H groups in total. The van der Waals surface area contributed by atoms with Gasteiger partial charge in [0.2, 0.25) is 0 Å². The molecule has 0 atom stereocenters. The Morgan fingerprint density at radius 1 is 1.19 bits per heavy atom. The Balaban J connectivity index is 0.00000161. The molecule has 1 aliphatic heterocycles. The summed E-state index contributed by atoms with van der Waals surface area (Å²) in [4.78, 5) is 2.40. The van der Waals surface area contributed by atoms with Crippen LogP contribution in [0.4, 0.5) is 13.2 Å². The number of halogens is 4. The van der Waals surface area contributed by atoms with Gasteiger partial charge in [0, 0.05) is 19.6 Å². The molecule has 5 heteroatoms. The molecule has 0 spiro atoms. The van der Waals surface area contributed by atoms with Gasteiger partial charge in [-0.3, -0.25) is 4.90 Å². The van der Waals surface area contributed by atoms with Crippen molar-refractivity contribution in [1.29, 1.82) is 0 Å². The van der Waals surface area contributed by atoms with E-state index in [1.54, 1.807) is 6.07 Å². The van der Waals surface area contributed by atoms with Crippen molar-refractivity contribution >= 4 is 18.0 Å². The number of benzene rings is 1. The van der Waals surface area contributed by atoms with E-state index in [9.17, 15) is 13.2 Å². The van der Waals surface area contributed by atoms with E-state index in [0.29, 0.717) is 5.56 Å². The Labute approximate surface area is 129 Å². The maximum atomic E-state index is 12.7. The van der Waals surface area contributed by atoms with Crippen LogP contribution in [0.15, 0.2) is 30.3 Å². The van der Waals surface area contributed by atoms with Crippen molar-refractivity contribution in [3.63, 3.8) is 0 Å². The summed E-state index contributed by atoms with van der Waals surface area (Å²) in [6.45, 7) is 2.97. The number of hydrogen-bond donors (Lipinski definition) is 0. The lowest BCUT2D eigenvalue weighted by atomic mass is 9.97. The second kappa shape index (κ2) is 6.41. The molecule has 1 nitrogen and oxygen atoms in total. The van der Waals surface area contributed by atoms with Crippen molar-refractivity contribution in [2.24, 2.45) is 5.92 Å². The third kappa shape index (κ3) is 4.24. The Morgan fingerprint density at radius 2 is 1.95 bits per heavy atom. The second-order valence-electron chi connectivity index (χ2n) is 5.76. The molecular formula is C16H19ClF3N. The van der Waals surface area contributed by atoms with Crippen molar-refractivity contribution in [3.05, 3.63) is 41.5 Å². The Morgan fingerprint density at radius 3 is 2.52 bits per heavy atom. The molecule has 0 radical (unpaired) electrons. The van der Waals surface area contributed by atoms with E-state index in [4.69, 9.17) is 0 Å². The van der Waals surface area contributed by atoms with Crippen molar-refractivity contribution in [2.75, 3.05) is 19.6 Å². The molecule has 0 aromatic heterocycles. The lowest BCUT2D eigenvalue weighted by Gasteiger charge is -2.26. The summed E-state index contributed by atoms with van der Waals surface area (Å²) in [5, 5.41) is 0. The SMILES string of the molecule is Cl.FC(F)(F)c1cccc(C2=CCN(CC3CC3)CC2)c1. The van der Waals surface area contributed by atoms with Gasteiger partial charge in [-0.05, 0) is 48.4 Å². The summed E-state index contributed by atoms with van der Waals surface area (Å²) in [6.07, 6.45) is 1.33. The summed E-state index contributed by atoms with van der Waals surface area (Å²) < 4.78 is 38.2. The maximum absolute atomic E-state index is 12.7. The number of nitrogens with zero attached hydrogens (tertiary/aromatic N) is 1. The lowest BCUT2D eigenvalue weighted by Crippen LogP contribution is -2.30. The minimum Gasteiger partial charge on any atom is -0.299 e. The van der Waals surface area contributed by atoms with Gasteiger partial charge in [0.15, 0.2) is 0 Å². The predicted octanol–water partition coefficient (Wildman–Crippen LogP) is 4.63. The van der Waals surface area contributed by atoms with Crippen LogP contribution in [0.5, 0.6) is 0 Å². The molecule has 1 heterocycles. The van der Waals surface area contributed by atoms with Crippen LogP contribution >= 0.6 is 12.4 Å². The fourth-order valence-corrected chi connectivity index (χ4v) is 2.70. The summed E-state index contributed by atoms with van der Waals surface area (Å²) in [5.41, 5.74) is 1.20. The first-order chi connectivity index (χ1) is 9.52. The van der Waals surface area contributed by atoms with Crippen molar-refractivity contribution in [2.45, 2.75) is 25.4 Å². The van der Waals surface area contributed by atoms with Gasteiger partial charge >= 0.3 is 6.18 Å². The zero-order chi connectivity index (χ0) is 14.2. The standard InChI is InChI=1S/C16H18F3N.ClH/c17-16(18,19)15-3-1-2-14(10-15)13-6-8-20(9-7-13)11-12-4-5-12;/h1-3,6,10,12H,4-5,7-9,11H2;1H. The van der Waals surface area contributed by atoms with Crippen LogP contribution in [0.1, 0.15) is 30.4 Å². The van der Waals surface area contributed by atoms with E-state index in [0.717, 1.165) is 43.6 Å². The van der Waals surface area contributed by atoms with Gasteiger partial charge in [0.1, 0.15) is 0 Å². The Kier molecular flexibility index (Phi) is 4.99. The summed E-state index contributed by atoms with van der Waals surface area (Å²) >= 11 is 0. The number of hydrogen-bond acceptors (Lipinski definition) is 1. The molecule has 3 rings (SSSR count). The van der Waals surface area contributed by atoms with Crippen LogP contribution < -0.4 is 0 Å². The summed E-state index contributed by atoms with van der Waals surface area (Å²) in [6, 6.07) is 5.67. The molecule has 0 unspecified atom stereocenters. The Hall–Kier alpha value is -1.00. The fourth-order valence-electron chi connectivity index (χ4n) is 2.70. The van der Waals surface area contributed by atoms with Crippen molar-refractivity contribution in [3.8, 4) is 0 Å². The van der Waals surface area contributed by atoms with Gasteiger partial charge in [-0.2, -0.15) is 13.2 Å². The topological polar surface area (TPSA) is 3.24 Å². The first-order valence-corrected chi connectivity index (χ1v) is 7.11. The normalized spacial score (nSPS) is 19.9. The molecule has 0 amide bonds. The smallest absolute Gasteiger partial charge is 0.299 e. The summed E-state index contributed by atoms with van der Waals surface area (Å²) in [5.74, 6) is 0.860. The quantitative estimate of drug-likeness (QED) is 0.786. The minimum atomic E-state index is -4.26. The molecular weight excluding hydrogens is 299 g/mol. The molecule has 21 heavy (non-hydrogen) atoms. The number of rotatable bonds is 3. The number of alkyl halides is 3. The highest BCUT2D eigenvalue weighted by Crippen LogP contribution is 2.33. The van der Waals surface area contributed by atoms with Gasteiger partial charge in [0.05, 0.1) is 5.56 Å². The second-order valence-corrected chi connectivity index (χ2v) is 5.76. The molecule has 0 bridgehead atoms. The molecule has 1 aliphatic carbocycles. The molecule has 116 valence electrons. The first-order valence-electron chi connectivity index (χ1n) is 7.11. The summed E-state index contributed by atoms with van der Waals surface area (Å²) in [7, 11) is 0. The third-order valence-electron chi connectivity index (χ3n) is 4.07. The van der Waals surface area contributed by atoms with Crippen LogP contribution in [-0.2, 0) is 6.18 Å². The molecule has 2 aliphatic rings. The molecule has 1 fully saturated rings. The average molecular weight is 318 g/mol. The highest BCUT2D eigenvalue weighted by atomic mass is 35.5. The zero-order valence-corrected chi connectivity index (χ0v) is 12.5. The van der Waals surface area contributed by atoms with E-state index in [-0.39, 0.29) is 12.4 Å². The first kappa shape index (κ1) is 16.4. The predicted molar refractivity (Wildman–Crippen MR) is 80.5 cm³/mol. The van der Waals surface area contributed by atoms with Crippen LogP contribution in [-0.4, -0.2) is 24.5 Å². The highest BCUT2D eigenvalue weighted by molar-refractivity contribution is 5.85. The van der Waals surface area contributed by atoms with Gasteiger partial charge in [-0.25, -0.2) is 0 Å². The van der Waals surface area contributed by atoms with Crippen LogP contribution in [0.3, 0.4) is 0 Å². The van der Waals surface area contributed by atoms with Gasteiger partial charge in [-0.15, -0.1) is 12.4 Å². The van der Waals surface area contributed by atoms with E-state index >= 15 is 0 Å². The fraction of sp³-hybridized carbons (Fsp3) is 0.500. The van der Waals surface area contributed by atoms with Gasteiger partial charge < -0.3 is 0 Å².